The summed E-state index contributed by atoms with van der Waals surface area (Å²) in [6, 6.07) is -0.562. The SMILES string of the molecule is NC1CCCC1C(=O)N1C(C(=O)O)CC2CCCCC21. The molecule has 5 heteroatoms. The Hall–Kier alpha value is -1.10. The average Bonchev–Trinajstić information content (AvgIpc) is 3.01. The summed E-state index contributed by atoms with van der Waals surface area (Å²) in [5.74, 6) is -0.611. The number of aliphatic carboxylic acids is 1. The van der Waals surface area contributed by atoms with Crippen LogP contribution in [0.1, 0.15) is 51.4 Å². The quantitative estimate of drug-likeness (QED) is 0.800. The van der Waals surface area contributed by atoms with Crippen molar-refractivity contribution in [1.82, 2.24) is 4.90 Å². The minimum atomic E-state index is -0.848. The van der Waals surface area contributed by atoms with E-state index in [0.717, 1.165) is 38.5 Å². The lowest BCUT2D eigenvalue weighted by Crippen LogP contribution is -2.50. The molecular weight excluding hydrogens is 256 g/mol. The number of rotatable bonds is 2. The number of carboxylic acid groups (broad SMARTS) is 1. The second-order valence-electron chi connectivity index (χ2n) is 6.65. The zero-order chi connectivity index (χ0) is 14.3. The van der Waals surface area contributed by atoms with Crippen LogP contribution in [-0.2, 0) is 9.59 Å². The molecule has 5 unspecified atom stereocenters. The van der Waals surface area contributed by atoms with E-state index in [1.807, 2.05) is 0 Å². The third-order valence-electron chi connectivity index (χ3n) is 5.51. The Morgan fingerprint density at radius 3 is 2.45 bits per heavy atom. The molecule has 1 amide bonds. The van der Waals surface area contributed by atoms with Crippen molar-refractivity contribution in [3.63, 3.8) is 0 Å². The number of carbonyl (C=O) groups excluding carboxylic acids is 1. The number of nitrogens with zero attached hydrogens (tertiary/aromatic N) is 1. The van der Waals surface area contributed by atoms with Crippen LogP contribution in [0.2, 0.25) is 0 Å². The first-order valence-corrected chi connectivity index (χ1v) is 7.90. The molecule has 112 valence electrons. The topological polar surface area (TPSA) is 83.6 Å². The highest BCUT2D eigenvalue weighted by atomic mass is 16.4. The van der Waals surface area contributed by atoms with Crippen molar-refractivity contribution in [2.75, 3.05) is 0 Å². The van der Waals surface area contributed by atoms with E-state index in [9.17, 15) is 14.7 Å². The fourth-order valence-corrected chi connectivity index (χ4v) is 4.48. The van der Waals surface area contributed by atoms with Gasteiger partial charge in [0.25, 0.3) is 0 Å². The Labute approximate surface area is 119 Å². The first-order chi connectivity index (χ1) is 9.59. The number of hydrogen-bond acceptors (Lipinski definition) is 3. The summed E-state index contributed by atoms with van der Waals surface area (Å²) in [4.78, 5) is 26.1. The van der Waals surface area contributed by atoms with Gasteiger partial charge in [-0.3, -0.25) is 4.79 Å². The number of carboxylic acids is 1. The summed E-state index contributed by atoms with van der Waals surface area (Å²) in [6.45, 7) is 0. The highest BCUT2D eigenvalue weighted by Gasteiger charge is 2.49. The Bertz CT molecular complexity index is 412. The molecule has 0 radical (unpaired) electrons. The fourth-order valence-electron chi connectivity index (χ4n) is 4.48. The molecule has 0 aromatic rings. The molecule has 2 saturated carbocycles. The monoisotopic (exact) mass is 280 g/mol. The van der Waals surface area contributed by atoms with Gasteiger partial charge in [0.05, 0.1) is 5.92 Å². The number of likely N-dealkylation sites (tertiary alicyclic amines) is 1. The van der Waals surface area contributed by atoms with Gasteiger partial charge < -0.3 is 15.7 Å². The maximum Gasteiger partial charge on any atom is 0.326 e. The van der Waals surface area contributed by atoms with E-state index in [2.05, 4.69) is 0 Å². The third-order valence-corrected chi connectivity index (χ3v) is 5.51. The van der Waals surface area contributed by atoms with Crippen molar-refractivity contribution in [2.45, 2.75) is 69.5 Å². The Morgan fingerprint density at radius 2 is 1.80 bits per heavy atom. The lowest BCUT2D eigenvalue weighted by Gasteiger charge is -2.35. The third kappa shape index (κ3) is 2.22. The van der Waals surface area contributed by atoms with Gasteiger partial charge in [-0.15, -0.1) is 0 Å². The molecule has 20 heavy (non-hydrogen) atoms. The van der Waals surface area contributed by atoms with Crippen LogP contribution in [0.5, 0.6) is 0 Å². The fraction of sp³-hybridized carbons (Fsp3) is 0.867. The van der Waals surface area contributed by atoms with Gasteiger partial charge in [0.1, 0.15) is 6.04 Å². The van der Waals surface area contributed by atoms with E-state index in [-0.39, 0.29) is 23.9 Å². The molecule has 1 aliphatic heterocycles. The highest BCUT2D eigenvalue weighted by Crippen LogP contribution is 2.41. The number of hydrogen-bond donors (Lipinski definition) is 2. The minimum Gasteiger partial charge on any atom is -0.480 e. The van der Waals surface area contributed by atoms with E-state index in [4.69, 9.17) is 5.73 Å². The summed E-state index contributed by atoms with van der Waals surface area (Å²) in [6.07, 6.45) is 7.62. The van der Waals surface area contributed by atoms with E-state index in [1.165, 1.54) is 6.42 Å². The molecule has 5 atom stereocenters. The first kappa shape index (κ1) is 13.9. The number of nitrogens with two attached hydrogens (primary N) is 1. The van der Waals surface area contributed by atoms with Crippen molar-refractivity contribution in [3.8, 4) is 0 Å². The zero-order valence-electron chi connectivity index (χ0n) is 11.8. The summed E-state index contributed by atoms with van der Waals surface area (Å²) < 4.78 is 0. The second-order valence-corrected chi connectivity index (χ2v) is 6.65. The van der Waals surface area contributed by atoms with Crippen molar-refractivity contribution in [3.05, 3.63) is 0 Å². The zero-order valence-corrected chi connectivity index (χ0v) is 11.8. The van der Waals surface area contributed by atoms with E-state index < -0.39 is 12.0 Å². The molecule has 1 heterocycles. The smallest absolute Gasteiger partial charge is 0.326 e. The molecule has 0 spiro atoms. The van der Waals surface area contributed by atoms with Crippen molar-refractivity contribution >= 4 is 11.9 Å². The van der Waals surface area contributed by atoms with Crippen LogP contribution in [0.25, 0.3) is 0 Å². The van der Waals surface area contributed by atoms with Gasteiger partial charge in [-0.2, -0.15) is 0 Å². The van der Waals surface area contributed by atoms with Crippen molar-refractivity contribution < 1.29 is 14.7 Å². The van der Waals surface area contributed by atoms with Crippen LogP contribution in [0.4, 0.5) is 0 Å². The van der Waals surface area contributed by atoms with Crippen molar-refractivity contribution in [2.24, 2.45) is 17.6 Å². The Balaban J connectivity index is 1.83. The normalized spacial score (nSPS) is 40.6. The minimum absolute atomic E-state index is 0.0109. The molecule has 0 bridgehead atoms. The van der Waals surface area contributed by atoms with Crippen LogP contribution >= 0.6 is 0 Å². The predicted molar refractivity (Wildman–Crippen MR) is 73.9 cm³/mol. The van der Waals surface area contributed by atoms with Gasteiger partial charge in [0.2, 0.25) is 5.91 Å². The van der Waals surface area contributed by atoms with Crippen LogP contribution in [0.15, 0.2) is 0 Å². The van der Waals surface area contributed by atoms with Crippen LogP contribution in [0.3, 0.4) is 0 Å². The number of carbonyl (C=O) groups is 2. The van der Waals surface area contributed by atoms with Gasteiger partial charge in [-0.25, -0.2) is 4.79 Å². The summed E-state index contributed by atoms with van der Waals surface area (Å²) in [5, 5.41) is 9.46. The summed E-state index contributed by atoms with van der Waals surface area (Å²) in [7, 11) is 0. The number of amides is 1. The van der Waals surface area contributed by atoms with Gasteiger partial charge in [0, 0.05) is 12.1 Å². The second kappa shape index (κ2) is 5.35. The molecule has 1 saturated heterocycles. The summed E-state index contributed by atoms with van der Waals surface area (Å²) in [5.41, 5.74) is 6.04. The standard InChI is InChI=1S/C15H24N2O3/c16-11-6-3-5-10(11)14(18)17-12-7-2-1-4-9(12)8-13(17)15(19)20/h9-13H,1-8,16H2,(H,19,20). The lowest BCUT2D eigenvalue weighted by molar-refractivity contribution is -0.152. The van der Waals surface area contributed by atoms with Crippen LogP contribution in [-0.4, -0.2) is 40.0 Å². The molecule has 0 aromatic carbocycles. The maximum atomic E-state index is 12.8. The van der Waals surface area contributed by atoms with Gasteiger partial charge >= 0.3 is 5.97 Å². The molecule has 3 aliphatic rings. The van der Waals surface area contributed by atoms with Gasteiger partial charge in [0.15, 0.2) is 0 Å². The molecular formula is C15H24N2O3. The van der Waals surface area contributed by atoms with E-state index in [1.54, 1.807) is 4.90 Å². The highest BCUT2D eigenvalue weighted by molar-refractivity contribution is 5.86. The van der Waals surface area contributed by atoms with E-state index >= 15 is 0 Å². The number of fused-ring (bicyclic) bond motifs is 1. The Kier molecular flexibility index (Phi) is 3.71. The molecule has 3 fully saturated rings. The lowest BCUT2D eigenvalue weighted by atomic mass is 9.84. The van der Waals surface area contributed by atoms with Crippen LogP contribution < -0.4 is 5.73 Å². The first-order valence-electron chi connectivity index (χ1n) is 7.90. The largest absolute Gasteiger partial charge is 0.480 e. The molecule has 2 aliphatic carbocycles. The molecule has 0 aromatic heterocycles. The van der Waals surface area contributed by atoms with E-state index in [0.29, 0.717) is 12.3 Å². The molecule has 5 nitrogen and oxygen atoms in total. The summed E-state index contributed by atoms with van der Waals surface area (Å²) >= 11 is 0. The predicted octanol–water partition coefficient (Wildman–Crippen LogP) is 1.36. The molecule has 3 N–H and O–H groups in total. The average molecular weight is 280 g/mol. The van der Waals surface area contributed by atoms with Crippen molar-refractivity contribution in [1.29, 1.82) is 0 Å². The van der Waals surface area contributed by atoms with Gasteiger partial charge in [-0.1, -0.05) is 19.3 Å². The van der Waals surface area contributed by atoms with Crippen LogP contribution in [0, 0.1) is 11.8 Å². The molecule has 3 rings (SSSR count). The Morgan fingerprint density at radius 1 is 1.05 bits per heavy atom. The van der Waals surface area contributed by atoms with Gasteiger partial charge in [-0.05, 0) is 38.0 Å². The maximum absolute atomic E-state index is 12.8.